The second kappa shape index (κ2) is 5.20. The molecule has 0 atom stereocenters. The van der Waals surface area contributed by atoms with Crippen molar-refractivity contribution in [3.8, 4) is 0 Å². The van der Waals surface area contributed by atoms with Crippen LogP contribution >= 0.6 is 27.5 Å². The summed E-state index contributed by atoms with van der Waals surface area (Å²) in [6.07, 6.45) is 0.804. The van der Waals surface area contributed by atoms with Gasteiger partial charge in [0.2, 0.25) is 0 Å². The third-order valence-corrected chi connectivity index (χ3v) is 4.10. The molecule has 0 saturated carbocycles. The minimum Gasteiger partial charge on any atom is -0.394 e. The Kier molecular flexibility index (Phi) is 3.82. The Balaban J connectivity index is 2.40. The van der Waals surface area contributed by atoms with E-state index < -0.39 is 0 Å². The Bertz CT molecular complexity index is 580. The molecule has 0 unspecified atom stereocenters. The third-order valence-electron chi connectivity index (χ3n) is 2.70. The fourth-order valence-electron chi connectivity index (χ4n) is 1.73. The van der Waals surface area contributed by atoms with E-state index >= 15 is 0 Å². The summed E-state index contributed by atoms with van der Waals surface area (Å²) in [4.78, 5) is 0. The Labute approximate surface area is 119 Å². The Morgan fingerprint density at radius 2 is 2.22 bits per heavy atom. The molecule has 6 heteroatoms. The minimum absolute atomic E-state index is 0.649. The summed E-state index contributed by atoms with van der Waals surface area (Å²) in [5, 5.41) is 8.26. The van der Waals surface area contributed by atoms with Crippen molar-refractivity contribution in [2.75, 3.05) is 11.1 Å². The van der Waals surface area contributed by atoms with E-state index in [1.54, 1.807) is 4.68 Å². The molecule has 0 spiro atoms. The molecule has 0 aliphatic carbocycles. The van der Waals surface area contributed by atoms with Crippen molar-refractivity contribution < 1.29 is 0 Å². The fraction of sp³-hybridized carbons (Fsp3) is 0.250. The number of nitrogen functional groups attached to an aromatic ring is 1. The maximum Gasteiger partial charge on any atom is 0.152 e. The van der Waals surface area contributed by atoms with Crippen LogP contribution in [-0.2, 0) is 13.5 Å². The van der Waals surface area contributed by atoms with Gasteiger partial charge in [0.25, 0.3) is 0 Å². The van der Waals surface area contributed by atoms with E-state index in [1.165, 1.54) is 0 Å². The van der Waals surface area contributed by atoms with Crippen LogP contribution in [0, 0.1) is 0 Å². The monoisotopic (exact) mass is 328 g/mol. The van der Waals surface area contributed by atoms with Gasteiger partial charge in [0.15, 0.2) is 5.82 Å². The molecule has 0 fully saturated rings. The molecular weight excluding hydrogens is 316 g/mol. The highest BCUT2D eigenvalue weighted by atomic mass is 79.9. The van der Waals surface area contributed by atoms with Gasteiger partial charge in [0.1, 0.15) is 0 Å². The van der Waals surface area contributed by atoms with Crippen LogP contribution < -0.4 is 11.1 Å². The van der Waals surface area contributed by atoms with Crippen molar-refractivity contribution in [2.24, 2.45) is 7.05 Å². The van der Waals surface area contributed by atoms with Crippen molar-refractivity contribution >= 4 is 44.7 Å². The van der Waals surface area contributed by atoms with Crippen LogP contribution in [0.5, 0.6) is 0 Å². The van der Waals surface area contributed by atoms with Gasteiger partial charge in [0, 0.05) is 7.05 Å². The number of aromatic nitrogens is 2. The number of hydrogen-bond donors (Lipinski definition) is 2. The first-order valence-corrected chi connectivity index (χ1v) is 6.74. The number of benzene rings is 1. The topological polar surface area (TPSA) is 55.9 Å². The van der Waals surface area contributed by atoms with Crippen molar-refractivity contribution in [1.29, 1.82) is 0 Å². The summed E-state index contributed by atoms with van der Waals surface area (Å²) >= 11 is 9.50. The van der Waals surface area contributed by atoms with Crippen LogP contribution in [0.1, 0.15) is 12.6 Å². The normalized spacial score (nSPS) is 10.7. The molecule has 0 aliphatic heterocycles. The van der Waals surface area contributed by atoms with E-state index in [9.17, 15) is 0 Å². The van der Waals surface area contributed by atoms with E-state index in [-0.39, 0.29) is 0 Å². The zero-order chi connectivity index (χ0) is 13.3. The van der Waals surface area contributed by atoms with Gasteiger partial charge in [-0.25, -0.2) is 0 Å². The molecular formula is C12H14BrClN4. The van der Waals surface area contributed by atoms with Crippen LogP contribution in [0.15, 0.2) is 22.7 Å². The maximum atomic E-state index is 6.06. The summed E-state index contributed by atoms with van der Waals surface area (Å²) in [7, 11) is 1.86. The highest BCUT2D eigenvalue weighted by molar-refractivity contribution is 9.10. The van der Waals surface area contributed by atoms with Crippen LogP contribution in [-0.4, -0.2) is 9.78 Å². The molecule has 0 saturated heterocycles. The van der Waals surface area contributed by atoms with Crippen LogP contribution in [0.3, 0.4) is 0 Å². The summed E-state index contributed by atoms with van der Waals surface area (Å²) in [6, 6.07) is 5.62. The number of hydrogen-bond acceptors (Lipinski definition) is 3. The zero-order valence-corrected chi connectivity index (χ0v) is 12.5. The molecule has 0 radical (unpaired) electrons. The summed E-state index contributed by atoms with van der Waals surface area (Å²) in [5.74, 6) is 0.773. The van der Waals surface area contributed by atoms with Crippen molar-refractivity contribution in [1.82, 2.24) is 9.78 Å². The smallest absolute Gasteiger partial charge is 0.152 e. The minimum atomic E-state index is 0.649. The molecule has 1 heterocycles. The van der Waals surface area contributed by atoms with Crippen LogP contribution in [0.25, 0.3) is 0 Å². The first-order chi connectivity index (χ1) is 8.54. The SMILES string of the molecule is CCc1nn(C)c(Nc2cccc(Cl)c2Br)c1N. The molecule has 18 heavy (non-hydrogen) atoms. The van der Waals surface area contributed by atoms with E-state index in [1.807, 2.05) is 32.2 Å². The maximum absolute atomic E-state index is 6.06. The quantitative estimate of drug-likeness (QED) is 0.902. The second-order valence-corrected chi connectivity index (χ2v) is 5.11. The molecule has 2 aromatic rings. The number of halogens is 2. The number of rotatable bonds is 3. The lowest BCUT2D eigenvalue weighted by Crippen LogP contribution is -2.01. The molecule has 0 amide bonds. The Hall–Kier alpha value is -1.20. The molecule has 1 aromatic carbocycles. The largest absolute Gasteiger partial charge is 0.394 e. The predicted molar refractivity (Wildman–Crippen MR) is 79.4 cm³/mol. The highest BCUT2D eigenvalue weighted by Crippen LogP contribution is 2.34. The number of nitrogens with zero attached hydrogens (tertiary/aromatic N) is 2. The average Bonchev–Trinajstić information content (AvgIpc) is 2.62. The molecule has 3 N–H and O–H groups in total. The molecule has 2 rings (SSSR count). The van der Waals surface area contributed by atoms with E-state index in [2.05, 4.69) is 26.3 Å². The lowest BCUT2D eigenvalue weighted by molar-refractivity contribution is 0.753. The summed E-state index contributed by atoms with van der Waals surface area (Å²) < 4.78 is 2.55. The molecule has 0 bridgehead atoms. The first kappa shape index (κ1) is 13.2. The Morgan fingerprint density at radius 1 is 1.50 bits per heavy atom. The first-order valence-electron chi connectivity index (χ1n) is 5.57. The van der Waals surface area contributed by atoms with Gasteiger partial charge in [-0.2, -0.15) is 5.10 Å². The number of nitrogens with one attached hydrogen (secondary N) is 1. The zero-order valence-electron chi connectivity index (χ0n) is 10.2. The van der Waals surface area contributed by atoms with Gasteiger partial charge in [-0.15, -0.1) is 0 Å². The lowest BCUT2D eigenvalue weighted by Gasteiger charge is -2.10. The van der Waals surface area contributed by atoms with Crippen LogP contribution in [0.2, 0.25) is 5.02 Å². The van der Waals surface area contributed by atoms with E-state index in [0.717, 1.165) is 28.1 Å². The standard InChI is InChI=1S/C12H14BrClN4/c1-3-8-11(15)12(18(2)17-8)16-9-6-4-5-7(14)10(9)13/h4-6,16H,3,15H2,1-2H3. The van der Waals surface area contributed by atoms with Crippen LogP contribution in [0.4, 0.5) is 17.2 Å². The number of anilines is 3. The molecule has 96 valence electrons. The van der Waals surface area contributed by atoms with Gasteiger partial charge in [-0.1, -0.05) is 24.6 Å². The van der Waals surface area contributed by atoms with Crippen molar-refractivity contribution in [3.63, 3.8) is 0 Å². The van der Waals surface area contributed by atoms with Gasteiger partial charge in [-0.05, 0) is 34.5 Å². The molecule has 0 aliphatic rings. The van der Waals surface area contributed by atoms with E-state index in [4.69, 9.17) is 17.3 Å². The second-order valence-electron chi connectivity index (χ2n) is 3.91. The van der Waals surface area contributed by atoms with Gasteiger partial charge < -0.3 is 11.1 Å². The highest BCUT2D eigenvalue weighted by Gasteiger charge is 2.13. The Morgan fingerprint density at radius 3 is 2.83 bits per heavy atom. The molecule has 1 aromatic heterocycles. The summed E-state index contributed by atoms with van der Waals surface area (Å²) in [6.45, 7) is 2.03. The van der Waals surface area contributed by atoms with Gasteiger partial charge >= 0.3 is 0 Å². The summed E-state index contributed by atoms with van der Waals surface area (Å²) in [5.41, 5.74) is 8.48. The average molecular weight is 330 g/mol. The molecule has 4 nitrogen and oxygen atoms in total. The van der Waals surface area contributed by atoms with Crippen molar-refractivity contribution in [3.05, 3.63) is 33.4 Å². The van der Waals surface area contributed by atoms with E-state index in [0.29, 0.717) is 10.7 Å². The lowest BCUT2D eigenvalue weighted by atomic mass is 10.3. The number of aryl methyl sites for hydroxylation is 2. The third kappa shape index (κ3) is 2.33. The number of nitrogens with two attached hydrogens (primary N) is 1. The van der Waals surface area contributed by atoms with Gasteiger partial charge in [0.05, 0.1) is 26.6 Å². The fourth-order valence-corrected chi connectivity index (χ4v) is 2.27. The van der Waals surface area contributed by atoms with Crippen molar-refractivity contribution in [2.45, 2.75) is 13.3 Å². The van der Waals surface area contributed by atoms with Gasteiger partial charge in [-0.3, -0.25) is 4.68 Å². The predicted octanol–water partition coefficient (Wildman–Crippen LogP) is 3.72.